The van der Waals surface area contributed by atoms with Gasteiger partial charge in [-0.25, -0.2) is 4.99 Å². The van der Waals surface area contributed by atoms with Crippen LogP contribution in [0.3, 0.4) is 0 Å². The van der Waals surface area contributed by atoms with Gasteiger partial charge in [0, 0.05) is 18.8 Å². The van der Waals surface area contributed by atoms with Crippen molar-refractivity contribution in [3.63, 3.8) is 0 Å². The fraction of sp³-hybridized carbons (Fsp3) is 0.0909. The lowest BCUT2D eigenvalue weighted by Gasteiger charge is -1.99. The zero-order valence-electron chi connectivity index (χ0n) is 9.46. The van der Waals surface area contributed by atoms with Crippen LogP contribution in [0.1, 0.15) is 0 Å². The smallest absolute Gasteiger partial charge is 0.223 e. The second-order valence-corrected chi connectivity index (χ2v) is 3.68. The third-order valence-electron chi connectivity index (χ3n) is 2.36. The zero-order chi connectivity index (χ0) is 12.4. The molecular formula is C11H14N6. The van der Waals surface area contributed by atoms with E-state index >= 15 is 0 Å². The van der Waals surface area contributed by atoms with E-state index in [0.29, 0.717) is 5.69 Å². The molecule has 0 radical (unpaired) electrons. The molecule has 2 rings (SSSR count). The number of benzene rings is 1. The molecule has 0 aliphatic heterocycles. The largest absolute Gasteiger partial charge is 0.370 e. The van der Waals surface area contributed by atoms with Crippen molar-refractivity contribution < 1.29 is 0 Å². The predicted octanol–water partition coefficient (Wildman–Crippen LogP) is 0.398. The molecule has 0 saturated carbocycles. The van der Waals surface area contributed by atoms with E-state index in [2.05, 4.69) is 9.98 Å². The van der Waals surface area contributed by atoms with Gasteiger partial charge in [0.1, 0.15) is 0 Å². The van der Waals surface area contributed by atoms with Crippen LogP contribution in [0.15, 0.2) is 40.4 Å². The summed E-state index contributed by atoms with van der Waals surface area (Å²) in [6.45, 7) is 0. The van der Waals surface area contributed by atoms with Crippen molar-refractivity contribution in [3.8, 4) is 0 Å². The number of aliphatic imine (C=N–C) groups is 2. The molecule has 6 nitrogen and oxygen atoms in total. The third-order valence-corrected chi connectivity index (χ3v) is 2.36. The Morgan fingerprint density at radius 2 is 1.94 bits per heavy atom. The molecule has 1 heterocycles. The highest BCUT2D eigenvalue weighted by atomic mass is 15.1. The Labute approximate surface area is 98.4 Å². The van der Waals surface area contributed by atoms with Gasteiger partial charge in [-0.2, -0.15) is 4.99 Å². The number of nitrogens with zero attached hydrogens (tertiary/aromatic N) is 3. The molecule has 0 aliphatic rings. The number of fused-ring (bicyclic) bond motifs is 1. The summed E-state index contributed by atoms with van der Waals surface area (Å²) in [7, 11) is 1.97. The van der Waals surface area contributed by atoms with Crippen molar-refractivity contribution >= 4 is 28.5 Å². The van der Waals surface area contributed by atoms with Gasteiger partial charge in [-0.1, -0.05) is 6.07 Å². The maximum atomic E-state index is 5.56. The normalized spacial score (nSPS) is 11.7. The second kappa shape index (κ2) is 4.17. The molecule has 0 spiro atoms. The predicted molar refractivity (Wildman–Crippen MR) is 70.0 cm³/mol. The minimum absolute atomic E-state index is 0.0403. The molecular weight excluding hydrogens is 216 g/mol. The highest BCUT2D eigenvalue weighted by Gasteiger charge is 1.99. The standard InChI is InChI=1S/C11H14N6/c1-17-5-4-7-2-3-8(6-9(7)17)15-11(14)16-10(12)13/h2-6H,1H3,(H6,12,13,14,15,16). The molecule has 0 aliphatic carbocycles. The summed E-state index contributed by atoms with van der Waals surface area (Å²) >= 11 is 0. The van der Waals surface area contributed by atoms with Gasteiger partial charge in [-0.3, -0.25) is 0 Å². The summed E-state index contributed by atoms with van der Waals surface area (Å²) < 4.78 is 2.01. The van der Waals surface area contributed by atoms with Crippen LogP contribution in [0.4, 0.5) is 5.69 Å². The van der Waals surface area contributed by atoms with Gasteiger partial charge in [-0.05, 0) is 23.6 Å². The molecule has 2 aromatic rings. The monoisotopic (exact) mass is 230 g/mol. The highest BCUT2D eigenvalue weighted by molar-refractivity contribution is 5.94. The number of aromatic nitrogens is 1. The molecule has 0 bridgehead atoms. The number of rotatable bonds is 1. The molecule has 17 heavy (non-hydrogen) atoms. The number of hydrogen-bond acceptors (Lipinski definition) is 1. The molecule has 1 aromatic heterocycles. The number of hydrogen-bond donors (Lipinski definition) is 3. The Bertz CT molecular complexity index is 603. The van der Waals surface area contributed by atoms with Crippen LogP contribution in [0.25, 0.3) is 10.9 Å². The molecule has 6 heteroatoms. The van der Waals surface area contributed by atoms with Crippen LogP contribution in [0, 0.1) is 0 Å². The Balaban J connectivity index is 2.43. The summed E-state index contributed by atoms with van der Waals surface area (Å²) in [5.74, 6) is -0.0650. The van der Waals surface area contributed by atoms with Crippen LogP contribution in [0.5, 0.6) is 0 Å². The maximum absolute atomic E-state index is 5.56. The fourth-order valence-electron chi connectivity index (χ4n) is 1.61. The first kappa shape index (κ1) is 11.0. The van der Waals surface area contributed by atoms with E-state index in [9.17, 15) is 0 Å². The minimum Gasteiger partial charge on any atom is -0.370 e. The van der Waals surface area contributed by atoms with Crippen LogP contribution < -0.4 is 17.2 Å². The summed E-state index contributed by atoms with van der Waals surface area (Å²) in [6, 6.07) is 7.78. The maximum Gasteiger partial charge on any atom is 0.223 e. The van der Waals surface area contributed by atoms with E-state index in [1.54, 1.807) is 0 Å². The molecule has 0 fully saturated rings. The Morgan fingerprint density at radius 1 is 1.18 bits per heavy atom. The topological polar surface area (TPSA) is 108 Å². The molecule has 88 valence electrons. The Morgan fingerprint density at radius 3 is 2.65 bits per heavy atom. The van der Waals surface area contributed by atoms with Crippen LogP contribution in [-0.4, -0.2) is 16.5 Å². The SMILES string of the molecule is Cn1ccc2ccc(N=C(N)N=C(N)N)cc21. The average Bonchev–Trinajstić information content (AvgIpc) is 2.59. The third kappa shape index (κ3) is 2.36. The van der Waals surface area contributed by atoms with E-state index in [1.165, 1.54) is 0 Å². The van der Waals surface area contributed by atoms with Crippen molar-refractivity contribution in [2.45, 2.75) is 0 Å². The fourth-order valence-corrected chi connectivity index (χ4v) is 1.61. The summed E-state index contributed by atoms with van der Waals surface area (Å²) in [4.78, 5) is 7.76. The first-order valence-corrected chi connectivity index (χ1v) is 5.05. The highest BCUT2D eigenvalue weighted by Crippen LogP contribution is 2.21. The van der Waals surface area contributed by atoms with E-state index in [1.807, 2.05) is 42.1 Å². The van der Waals surface area contributed by atoms with Gasteiger partial charge in [-0.15, -0.1) is 0 Å². The van der Waals surface area contributed by atoms with Crippen LogP contribution in [0.2, 0.25) is 0 Å². The van der Waals surface area contributed by atoms with Gasteiger partial charge >= 0.3 is 0 Å². The van der Waals surface area contributed by atoms with E-state index in [0.717, 1.165) is 10.9 Å². The first-order chi connectivity index (χ1) is 8.06. The lowest BCUT2D eigenvalue weighted by atomic mass is 10.2. The van der Waals surface area contributed by atoms with Crippen molar-refractivity contribution in [2.24, 2.45) is 34.2 Å². The van der Waals surface area contributed by atoms with E-state index < -0.39 is 0 Å². The first-order valence-electron chi connectivity index (χ1n) is 5.05. The van der Waals surface area contributed by atoms with Crippen molar-refractivity contribution in [2.75, 3.05) is 0 Å². The Kier molecular flexibility index (Phi) is 2.70. The Hall–Kier alpha value is -2.50. The molecule has 0 saturated heterocycles. The number of aryl methyl sites for hydroxylation is 1. The molecule has 0 amide bonds. The average molecular weight is 230 g/mol. The summed E-state index contributed by atoms with van der Waals surface area (Å²) in [5.41, 5.74) is 17.8. The molecule has 1 aromatic carbocycles. The molecule has 6 N–H and O–H groups in total. The van der Waals surface area contributed by atoms with Gasteiger partial charge in [0.25, 0.3) is 0 Å². The van der Waals surface area contributed by atoms with Crippen LogP contribution in [-0.2, 0) is 7.05 Å². The second-order valence-electron chi connectivity index (χ2n) is 3.68. The van der Waals surface area contributed by atoms with Gasteiger partial charge in [0.2, 0.25) is 5.96 Å². The van der Waals surface area contributed by atoms with E-state index in [-0.39, 0.29) is 11.9 Å². The quantitative estimate of drug-likeness (QED) is 0.487. The number of nitrogens with two attached hydrogens (primary N) is 3. The van der Waals surface area contributed by atoms with Gasteiger partial charge < -0.3 is 21.8 Å². The summed E-state index contributed by atoms with van der Waals surface area (Å²) in [6.07, 6.45) is 1.98. The van der Waals surface area contributed by atoms with Crippen molar-refractivity contribution in [1.82, 2.24) is 4.57 Å². The number of guanidine groups is 2. The lowest BCUT2D eigenvalue weighted by molar-refractivity contribution is 0.969. The lowest BCUT2D eigenvalue weighted by Crippen LogP contribution is -2.26. The van der Waals surface area contributed by atoms with Gasteiger partial charge in [0.05, 0.1) is 5.69 Å². The van der Waals surface area contributed by atoms with Crippen LogP contribution >= 0.6 is 0 Å². The minimum atomic E-state index is -0.105. The zero-order valence-corrected chi connectivity index (χ0v) is 9.46. The van der Waals surface area contributed by atoms with Crippen molar-refractivity contribution in [3.05, 3.63) is 30.5 Å². The van der Waals surface area contributed by atoms with Gasteiger partial charge in [0.15, 0.2) is 5.96 Å². The molecule has 0 unspecified atom stereocenters. The van der Waals surface area contributed by atoms with E-state index in [4.69, 9.17) is 17.2 Å². The van der Waals surface area contributed by atoms with Crippen molar-refractivity contribution in [1.29, 1.82) is 0 Å². The molecule has 0 atom stereocenters. The summed E-state index contributed by atoms with van der Waals surface area (Å²) in [5, 5.41) is 1.15.